The van der Waals surface area contributed by atoms with E-state index < -0.39 is 0 Å². The van der Waals surface area contributed by atoms with E-state index in [1.165, 1.54) is 19.4 Å². The number of hydrogen-bond donors (Lipinski definition) is 1. The molecule has 6 heteroatoms. The van der Waals surface area contributed by atoms with Crippen LogP contribution in [0.2, 0.25) is 0 Å². The summed E-state index contributed by atoms with van der Waals surface area (Å²) >= 11 is 0. The number of likely N-dealkylation sites (tertiary alicyclic amines) is 1. The topological polar surface area (TPSA) is 63.2 Å². The number of nitrogens with one attached hydrogen (secondary N) is 1. The van der Waals surface area contributed by atoms with Gasteiger partial charge in [-0.25, -0.2) is 9.97 Å². The Morgan fingerprint density at radius 3 is 2.81 bits per heavy atom. The predicted octanol–water partition coefficient (Wildman–Crippen LogP) is 3.28. The number of ether oxygens (including phenoxy) is 1. The van der Waals surface area contributed by atoms with Gasteiger partial charge in [0.2, 0.25) is 0 Å². The van der Waals surface area contributed by atoms with Crippen LogP contribution in [0.15, 0.2) is 30.6 Å². The minimum Gasteiger partial charge on any atom is -0.381 e. The van der Waals surface area contributed by atoms with Gasteiger partial charge in [-0.05, 0) is 51.3 Å². The third-order valence-corrected chi connectivity index (χ3v) is 5.38. The van der Waals surface area contributed by atoms with Crippen molar-refractivity contribution in [2.45, 2.75) is 44.6 Å². The van der Waals surface area contributed by atoms with Crippen LogP contribution in [0, 0.1) is 6.92 Å². The van der Waals surface area contributed by atoms with E-state index in [1.54, 1.807) is 6.20 Å². The zero-order valence-electron chi connectivity index (χ0n) is 15.4. The molecule has 0 aliphatic carbocycles. The summed E-state index contributed by atoms with van der Waals surface area (Å²) in [7, 11) is 0. The number of rotatable bonds is 4. The van der Waals surface area contributed by atoms with Crippen LogP contribution < -0.4 is 5.32 Å². The molecule has 138 valence electrons. The molecule has 2 aliphatic heterocycles. The van der Waals surface area contributed by atoms with Gasteiger partial charge in [-0.3, -0.25) is 9.88 Å². The second kappa shape index (κ2) is 8.10. The van der Waals surface area contributed by atoms with E-state index in [1.807, 2.05) is 31.3 Å². The van der Waals surface area contributed by atoms with Gasteiger partial charge in [0, 0.05) is 43.6 Å². The molecule has 2 aromatic rings. The van der Waals surface area contributed by atoms with E-state index in [9.17, 15) is 0 Å². The maximum atomic E-state index is 5.52. The molecule has 0 radical (unpaired) electrons. The van der Waals surface area contributed by atoms with Crippen LogP contribution >= 0.6 is 0 Å². The summed E-state index contributed by atoms with van der Waals surface area (Å²) in [6, 6.07) is 6.60. The molecule has 4 heterocycles. The van der Waals surface area contributed by atoms with Crippen molar-refractivity contribution in [3.63, 3.8) is 0 Å². The average Bonchev–Trinajstić information content (AvgIpc) is 2.69. The van der Waals surface area contributed by atoms with E-state index in [0.29, 0.717) is 12.0 Å². The first-order valence-corrected chi connectivity index (χ1v) is 9.62. The molecule has 0 bridgehead atoms. The summed E-state index contributed by atoms with van der Waals surface area (Å²) in [6.07, 6.45) is 8.40. The maximum absolute atomic E-state index is 5.52. The lowest BCUT2D eigenvalue weighted by atomic mass is 9.92. The molecule has 1 atom stereocenters. The van der Waals surface area contributed by atoms with Crippen molar-refractivity contribution in [2.75, 3.05) is 31.6 Å². The Labute approximate surface area is 155 Å². The molecule has 26 heavy (non-hydrogen) atoms. The number of aryl methyl sites for hydroxylation is 1. The van der Waals surface area contributed by atoms with Gasteiger partial charge in [0.1, 0.15) is 11.6 Å². The zero-order chi connectivity index (χ0) is 17.8. The molecule has 2 saturated heterocycles. The van der Waals surface area contributed by atoms with Crippen LogP contribution in [-0.4, -0.2) is 52.2 Å². The fourth-order valence-corrected chi connectivity index (χ4v) is 4.01. The second-order valence-electron chi connectivity index (χ2n) is 7.30. The smallest absolute Gasteiger partial charge is 0.150 e. The molecule has 0 amide bonds. The summed E-state index contributed by atoms with van der Waals surface area (Å²) in [5.74, 6) is 2.03. The van der Waals surface area contributed by atoms with E-state index >= 15 is 0 Å². The molecule has 1 N–H and O–H groups in total. The van der Waals surface area contributed by atoms with Crippen molar-refractivity contribution in [1.29, 1.82) is 0 Å². The molecular formula is C20H27N5O. The standard InChI is InChI=1S/C20H27N5O/c1-15-4-2-6-19(22-15)24-20-13-21-12-18(23-20)16-5-3-9-25(14-16)17-7-10-26-11-8-17/h2,4,6,12-13,16-17H,3,5,7-11,14H2,1H3,(H,22,23,24)/t16-/m1/s1. The highest BCUT2D eigenvalue weighted by molar-refractivity contribution is 5.50. The lowest BCUT2D eigenvalue weighted by molar-refractivity contribution is 0.0237. The van der Waals surface area contributed by atoms with Gasteiger partial charge in [0.25, 0.3) is 0 Å². The summed E-state index contributed by atoms with van der Waals surface area (Å²) < 4.78 is 5.52. The minimum atomic E-state index is 0.450. The SMILES string of the molecule is Cc1cccc(Nc2cncc([C@@H]3CCCN(C4CCOCC4)C3)n2)n1. The fourth-order valence-electron chi connectivity index (χ4n) is 4.01. The van der Waals surface area contributed by atoms with Gasteiger partial charge in [-0.15, -0.1) is 0 Å². The van der Waals surface area contributed by atoms with Gasteiger partial charge in [-0.1, -0.05) is 6.07 Å². The van der Waals surface area contributed by atoms with Gasteiger partial charge < -0.3 is 10.1 Å². The zero-order valence-corrected chi connectivity index (χ0v) is 15.4. The van der Waals surface area contributed by atoms with E-state index in [-0.39, 0.29) is 0 Å². The summed E-state index contributed by atoms with van der Waals surface area (Å²) in [4.78, 5) is 16.4. The average molecular weight is 353 g/mol. The van der Waals surface area contributed by atoms with Crippen molar-refractivity contribution < 1.29 is 4.74 Å². The van der Waals surface area contributed by atoms with E-state index in [2.05, 4.69) is 20.2 Å². The first-order chi connectivity index (χ1) is 12.8. The van der Waals surface area contributed by atoms with E-state index in [0.717, 1.165) is 55.6 Å². The first-order valence-electron chi connectivity index (χ1n) is 9.62. The normalized spacial score (nSPS) is 22.3. The number of piperidine rings is 1. The van der Waals surface area contributed by atoms with Gasteiger partial charge in [0.15, 0.2) is 0 Å². The largest absolute Gasteiger partial charge is 0.381 e. The Bertz CT molecular complexity index is 732. The fraction of sp³-hybridized carbons (Fsp3) is 0.550. The molecular weight excluding hydrogens is 326 g/mol. The van der Waals surface area contributed by atoms with Crippen LogP contribution in [0.1, 0.15) is 43.0 Å². The van der Waals surface area contributed by atoms with Crippen LogP contribution in [0.4, 0.5) is 11.6 Å². The summed E-state index contributed by atoms with van der Waals surface area (Å²) in [6.45, 7) is 6.05. The van der Waals surface area contributed by atoms with Crippen LogP contribution in [0.25, 0.3) is 0 Å². The Kier molecular flexibility index (Phi) is 5.41. The Hall–Kier alpha value is -2.05. The number of aromatic nitrogens is 3. The van der Waals surface area contributed by atoms with Crippen molar-refractivity contribution in [1.82, 2.24) is 19.9 Å². The summed E-state index contributed by atoms with van der Waals surface area (Å²) in [5, 5.41) is 3.28. The molecule has 2 aromatic heterocycles. The van der Waals surface area contributed by atoms with Crippen molar-refractivity contribution >= 4 is 11.6 Å². The molecule has 4 rings (SSSR count). The predicted molar refractivity (Wildman–Crippen MR) is 102 cm³/mol. The Morgan fingerprint density at radius 1 is 1.08 bits per heavy atom. The lowest BCUT2D eigenvalue weighted by Gasteiger charge is -2.39. The van der Waals surface area contributed by atoms with Gasteiger partial charge >= 0.3 is 0 Å². The number of hydrogen-bond acceptors (Lipinski definition) is 6. The van der Waals surface area contributed by atoms with Gasteiger partial charge in [-0.2, -0.15) is 0 Å². The van der Waals surface area contributed by atoms with Crippen molar-refractivity contribution in [2.24, 2.45) is 0 Å². The highest BCUT2D eigenvalue weighted by Crippen LogP contribution is 2.29. The van der Waals surface area contributed by atoms with Crippen molar-refractivity contribution in [3.8, 4) is 0 Å². The molecule has 2 aliphatic rings. The second-order valence-corrected chi connectivity index (χ2v) is 7.30. The van der Waals surface area contributed by atoms with Crippen LogP contribution in [-0.2, 0) is 4.74 Å². The quantitative estimate of drug-likeness (QED) is 0.910. The highest BCUT2D eigenvalue weighted by atomic mass is 16.5. The molecule has 2 fully saturated rings. The van der Waals surface area contributed by atoms with Crippen LogP contribution in [0.3, 0.4) is 0 Å². The molecule has 0 saturated carbocycles. The lowest BCUT2D eigenvalue weighted by Crippen LogP contribution is -2.44. The molecule has 0 unspecified atom stereocenters. The van der Waals surface area contributed by atoms with Crippen molar-refractivity contribution in [3.05, 3.63) is 42.0 Å². The first kappa shape index (κ1) is 17.4. The Balaban J connectivity index is 1.45. The minimum absolute atomic E-state index is 0.450. The Morgan fingerprint density at radius 2 is 1.96 bits per heavy atom. The third kappa shape index (κ3) is 4.19. The summed E-state index contributed by atoms with van der Waals surface area (Å²) in [5.41, 5.74) is 2.07. The molecule has 6 nitrogen and oxygen atoms in total. The highest BCUT2D eigenvalue weighted by Gasteiger charge is 2.28. The number of anilines is 2. The maximum Gasteiger partial charge on any atom is 0.150 e. The monoisotopic (exact) mass is 353 g/mol. The molecule has 0 aromatic carbocycles. The van der Waals surface area contributed by atoms with Gasteiger partial charge in [0.05, 0.1) is 11.9 Å². The number of pyridine rings is 1. The number of nitrogens with zero attached hydrogens (tertiary/aromatic N) is 4. The third-order valence-electron chi connectivity index (χ3n) is 5.38. The molecule has 0 spiro atoms. The van der Waals surface area contributed by atoms with E-state index in [4.69, 9.17) is 9.72 Å². The van der Waals surface area contributed by atoms with Crippen LogP contribution in [0.5, 0.6) is 0 Å².